The molecular formula is C14H16FNO5. The van der Waals surface area contributed by atoms with Crippen molar-refractivity contribution in [1.82, 2.24) is 5.32 Å². The van der Waals surface area contributed by atoms with Crippen LogP contribution in [-0.4, -0.2) is 36.3 Å². The Labute approximate surface area is 120 Å². The molecule has 0 unspecified atom stereocenters. The van der Waals surface area contributed by atoms with Crippen LogP contribution in [0.1, 0.15) is 18.4 Å². The molecule has 0 spiro atoms. The van der Waals surface area contributed by atoms with Crippen molar-refractivity contribution in [2.75, 3.05) is 7.11 Å². The summed E-state index contributed by atoms with van der Waals surface area (Å²) in [4.78, 5) is 22.7. The lowest BCUT2D eigenvalue weighted by atomic mass is 10.1. The lowest BCUT2D eigenvalue weighted by molar-refractivity contribution is -0.151. The molecule has 1 aromatic carbocycles. The Balaban J connectivity index is 1.93. The van der Waals surface area contributed by atoms with Gasteiger partial charge in [-0.3, -0.25) is 4.79 Å². The highest BCUT2D eigenvalue weighted by Gasteiger charge is 2.34. The molecule has 1 aromatic rings. The molecule has 0 aromatic heterocycles. The van der Waals surface area contributed by atoms with Crippen molar-refractivity contribution in [2.45, 2.75) is 31.6 Å². The number of rotatable bonds is 5. The topological polar surface area (TPSA) is 84.9 Å². The van der Waals surface area contributed by atoms with Gasteiger partial charge < -0.3 is 19.9 Å². The molecule has 2 rings (SSSR count). The predicted octanol–water partition coefficient (Wildman–Crippen LogP) is 1.08. The van der Waals surface area contributed by atoms with Crippen molar-refractivity contribution >= 4 is 11.9 Å². The molecule has 2 N–H and O–H groups in total. The molecule has 1 aliphatic rings. The number of carbonyl (C=O) groups is 2. The maximum absolute atomic E-state index is 13.2. The quantitative estimate of drug-likeness (QED) is 0.849. The highest BCUT2D eigenvalue weighted by molar-refractivity contribution is 5.82. The number of nitrogens with one attached hydrogen (secondary N) is 1. The third-order valence-electron chi connectivity index (χ3n) is 3.28. The summed E-state index contributed by atoms with van der Waals surface area (Å²) in [6, 6.07) is 4.01. The van der Waals surface area contributed by atoms with Crippen LogP contribution in [0.15, 0.2) is 18.2 Å². The van der Waals surface area contributed by atoms with Crippen molar-refractivity contribution in [2.24, 2.45) is 0 Å². The Hall–Kier alpha value is -2.15. The molecule has 1 amide bonds. The van der Waals surface area contributed by atoms with Gasteiger partial charge in [0.05, 0.1) is 7.11 Å². The zero-order valence-corrected chi connectivity index (χ0v) is 11.5. The van der Waals surface area contributed by atoms with Crippen LogP contribution >= 0.6 is 0 Å². The molecule has 0 saturated carbocycles. The van der Waals surface area contributed by atoms with Gasteiger partial charge >= 0.3 is 5.97 Å². The monoisotopic (exact) mass is 297 g/mol. The number of ether oxygens (including phenoxy) is 2. The van der Waals surface area contributed by atoms with E-state index in [0.717, 1.165) is 0 Å². The lowest BCUT2D eigenvalue weighted by Crippen LogP contribution is -2.35. The van der Waals surface area contributed by atoms with E-state index in [2.05, 4.69) is 5.32 Å². The van der Waals surface area contributed by atoms with E-state index in [0.29, 0.717) is 24.2 Å². The largest absolute Gasteiger partial charge is 0.496 e. The maximum atomic E-state index is 13.2. The molecule has 114 valence electrons. The van der Waals surface area contributed by atoms with Gasteiger partial charge in [-0.15, -0.1) is 0 Å². The Kier molecular flexibility index (Phi) is 4.74. The molecule has 0 bridgehead atoms. The third-order valence-corrected chi connectivity index (χ3v) is 3.28. The van der Waals surface area contributed by atoms with Crippen LogP contribution in [0.5, 0.6) is 5.75 Å². The second-order valence-corrected chi connectivity index (χ2v) is 4.70. The molecule has 7 heteroatoms. The van der Waals surface area contributed by atoms with Gasteiger partial charge in [-0.1, -0.05) is 0 Å². The number of benzene rings is 1. The van der Waals surface area contributed by atoms with E-state index in [1.165, 1.54) is 25.3 Å². The van der Waals surface area contributed by atoms with Gasteiger partial charge in [-0.05, 0) is 31.0 Å². The molecular weight excluding hydrogens is 281 g/mol. The highest BCUT2D eigenvalue weighted by atomic mass is 19.1. The van der Waals surface area contributed by atoms with Crippen LogP contribution in [-0.2, 0) is 20.9 Å². The van der Waals surface area contributed by atoms with Gasteiger partial charge in [0.15, 0.2) is 6.10 Å². The molecule has 0 radical (unpaired) electrons. The van der Waals surface area contributed by atoms with Gasteiger partial charge in [0.1, 0.15) is 17.7 Å². The molecule has 1 heterocycles. The Bertz CT molecular complexity index is 548. The molecule has 21 heavy (non-hydrogen) atoms. The van der Waals surface area contributed by atoms with Crippen molar-refractivity contribution in [3.8, 4) is 5.75 Å². The number of halogens is 1. The lowest BCUT2D eigenvalue weighted by Gasteiger charge is -2.13. The summed E-state index contributed by atoms with van der Waals surface area (Å²) in [5.74, 6) is -1.45. The second kappa shape index (κ2) is 6.53. The number of carbonyl (C=O) groups excluding carboxylic acids is 1. The summed E-state index contributed by atoms with van der Waals surface area (Å²) >= 11 is 0. The zero-order chi connectivity index (χ0) is 15.4. The maximum Gasteiger partial charge on any atom is 0.332 e. The average Bonchev–Trinajstić information content (AvgIpc) is 2.95. The van der Waals surface area contributed by atoms with Gasteiger partial charge in [-0.25, -0.2) is 9.18 Å². The third kappa shape index (κ3) is 3.69. The average molecular weight is 297 g/mol. The van der Waals surface area contributed by atoms with E-state index in [9.17, 15) is 14.0 Å². The van der Waals surface area contributed by atoms with Gasteiger partial charge in [0, 0.05) is 12.1 Å². The van der Waals surface area contributed by atoms with E-state index in [1.807, 2.05) is 0 Å². The highest BCUT2D eigenvalue weighted by Crippen LogP contribution is 2.21. The SMILES string of the molecule is COc1ccc(F)cc1CNC(=O)[C@@H]1CC[C@H](C(=O)O)O1. The van der Waals surface area contributed by atoms with E-state index in [1.54, 1.807) is 0 Å². The van der Waals surface area contributed by atoms with Crippen LogP contribution in [0.25, 0.3) is 0 Å². The van der Waals surface area contributed by atoms with Crippen LogP contribution in [0.3, 0.4) is 0 Å². The number of amides is 1. The van der Waals surface area contributed by atoms with Gasteiger partial charge in [0.2, 0.25) is 5.91 Å². The van der Waals surface area contributed by atoms with Crippen molar-refractivity contribution in [3.63, 3.8) is 0 Å². The summed E-state index contributed by atoms with van der Waals surface area (Å²) in [7, 11) is 1.45. The zero-order valence-electron chi connectivity index (χ0n) is 11.5. The van der Waals surface area contributed by atoms with E-state index < -0.39 is 29.9 Å². The van der Waals surface area contributed by atoms with E-state index >= 15 is 0 Å². The molecule has 1 aliphatic heterocycles. The summed E-state index contributed by atoms with van der Waals surface area (Å²) in [5, 5.41) is 11.4. The Morgan fingerprint density at radius 2 is 2.14 bits per heavy atom. The first-order chi connectivity index (χ1) is 10.0. The minimum absolute atomic E-state index is 0.0807. The number of hydrogen-bond acceptors (Lipinski definition) is 4. The second-order valence-electron chi connectivity index (χ2n) is 4.70. The van der Waals surface area contributed by atoms with Gasteiger partial charge in [-0.2, -0.15) is 0 Å². The van der Waals surface area contributed by atoms with Crippen LogP contribution in [0.2, 0.25) is 0 Å². The first kappa shape index (κ1) is 15.2. The predicted molar refractivity (Wildman–Crippen MR) is 70.3 cm³/mol. The number of methoxy groups -OCH3 is 1. The van der Waals surface area contributed by atoms with E-state index in [4.69, 9.17) is 14.6 Å². The number of aliphatic carboxylic acids is 1. The first-order valence-electron chi connectivity index (χ1n) is 6.49. The normalized spacial score (nSPS) is 21.0. The van der Waals surface area contributed by atoms with Gasteiger partial charge in [0.25, 0.3) is 0 Å². The first-order valence-corrected chi connectivity index (χ1v) is 6.49. The smallest absolute Gasteiger partial charge is 0.332 e. The molecule has 6 nitrogen and oxygen atoms in total. The number of carboxylic acids is 1. The molecule has 1 saturated heterocycles. The van der Waals surface area contributed by atoms with E-state index in [-0.39, 0.29) is 6.54 Å². The van der Waals surface area contributed by atoms with Crippen LogP contribution in [0, 0.1) is 5.82 Å². The standard InChI is InChI=1S/C14H16FNO5/c1-20-10-3-2-9(15)6-8(10)7-16-13(17)11-4-5-12(21-11)14(18)19/h2-3,6,11-12H,4-5,7H2,1H3,(H,16,17)(H,18,19)/t11-,12+/m0/s1. The number of carboxylic acid groups (broad SMARTS) is 1. The summed E-state index contributed by atoms with van der Waals surface area (Å²) < 4.78 is 23.4. The minimum Gasteiger partial charge on any atom is -0.496 e. The molecule has 2 atom stereocenters. The fraction of sp³-hybridized carbons (Fsp3) is 0.429. The van der Waals surface area contributed by atoms with Crippen molar-refractivity contribution in [1.29, 1.82) is 0 Å². The number of hydrogen-bond donors (Lipinski definition) is 2. The Morgan fingerprint density at radius 3 is 2.76 bits per heavy atom. The van der Waals surface area contributed by atoms with Crippen LogP contribution in [0.4, 0.5) is 4.39 Å². The summed E-state index contributed by atoms with van der Waals surface area (Å²) in [5.41, 5.74) is 0.499. The molecule has 1 fully saturated rings. The summed E-state index contributed by atoms with van der Waals surface area (Å²) in [6.07, 6.45) is -1.07. The fourth-order valence-electron chi connectivity index (χ4n) is 2.19. The minimum atomic E-state index is -1.07. The van der Waals surface area contributed by atoms with Crippen molar-refractivity contribution < 1.29 is 28.6 Å². The Morgan fingerprint density at radius 1 is 1.43 bits per heavy atom. The fourth-order valence-corrected chi connectivity index (χ4v) is 2.19. The summed E-state index contributed by atoms with van der Waals surface area (Å²) in [6.45, 7) is 0.0807. The molecule has 0 aliphatic carbocycles. The van der Waals surface area contributed by atoms with Crippen molar-refractivity contribution in [3.05, 3.63) is 29.6 Å². The van der Waals surface area contributed by atoms with Crippen LogP contribution < -0.4 is 10.1 Å².